The van der Waals surface area contributed by atoms with E-state index in [1.54, 1.807) is 6.33 Å². The highest BCUT2D eigenvalue weighted by Gasteiger charge is 1.97. The minimum Gasteiger partial charge on any atom is -0.348 e. The molecule has 0 saturated heterocycles. The number of aromatic nitrogens is 2. The van der Waals surface area contributed by atoms with Crippen molar-refractivity contribution in [2.45, 2.75) is 13.5 Å². The van der Waals surface area contributed by atoms with Crippen molar-refractivity contribution in [3.8, 4) is 0 Å². The first-order valence-corrected chi connectivity index (χ1v) is 3.74. The molecule has 0 radical (unpaired) electrons. The molecule has 1 heterocycles. The van der Waals surface area contributed by atoms with Gasteiger partial charge in [0.2, 0.25) is 0 Å². The fourth-order valence-electron chi connectivity index (χ4n) is 0.874. The zero-order chi connectivity index (χ0) is 8.10. The molecule has 1 aromatic heterocycles. The Balaban J connectivity index is 2.32. The summed E-state index contributed by atoms with van der Waals surface area (Å²) in [6, 6.07) is 0. The van der Waals surface area contributed by atoms with Crippen molar-refractivity contribution in [3.05, 3.63) is 17.7 Å². The van der Waals surface area contributed by atoms with Gasteiger partial charge in [-0.15, -0.1) is 0 Å². The lowest BCUT2D eigenvalue weighted by Gasteiger charge is -1.99. The summed E-state index contributed by atoms with van der Waals surface area (Å²) < 4.78 is 0. The molecule has 0 spiro atoms. The molecule has 0 aliphatic heterocycles. The van der Waals surface area contributed by atoms with Crippen molar-refractivity contribution in [3.63, 3.8) is 0 Å². The Hall–Kier alpha value is -0.870. The molecule has 0 aliphatic rings. The number of H-pyrrole nitrogens is 1. The van der Waals surface area contributed by atoms with E-state index in [2.05, 4.69) is 15.3 Å². The van der Waals surface area contributed by atoms with Crippen molar-refractivity contribution in [2.24, 2.45) is 5.73 Å². The number of imidazole rings is 1. The zero-order valence-corrected chi connectivity index (χ0v) is 6.72. The van der Waals surface area contributed by atoms with Gasteiger partial charge in [0.15, 0.2) is 0 Å². The summed E-state index contributed by atoms with van der Waals surface area (Å²) in [7, 11) is 0. The van der Waals surface area contributed by atoms with E-state index in [1.807, 2.05) is 6.92 Å². The molecule has 4 N–H and O–H groups in total. The van der Waals surface area contributed by atoms with Crippen LogP contribution in [0.2, 0.25) is 0 Å². The third-order valence-corrected chi connectivity index (χ3v) is 1.55. The average molecular weight is 154 g/mol. The maximum Gasteiger partial charge on any atom is 0.0925 e. The van der Waals surface area contributed by atoms with E-state index < -0.39 is 0 Å². The number of hydrogen-bond donors (Lipinski definition) is 3. The van der Waals surface area contributed by atoms with E-state index in [9.17, 15) is 0 Å². The minimum atomic E-state index is 0.670. The van der Waals surface area contributed by atoms with Gasteiger partial charge in [-0.1, -0.05) is 0 Å². The van der Waals surface area contributed by atoms with Crippen molar-refractivity contribution in [1.29, 1.82) is 0 Å². The minimum absolute atomic E-state index is 0.670. The highest BCUT2D eigenvalue weighted by Crippen LogP contribution is 1.98. The fourth-order valence-corrected chi connectivity index (χ4v) is 0.874. The van der Waals surface area contributed by atoms with Gasteiger partial charge in [0.05, 0.1) is 12.0 Å². The number of aromatic amines is 1. The Morgan fingerprint density at radius 1 is 1.73 bits per heavy atom. The van der Waals surface area contributed by atoms with Gasteiger partial charge in [-0.3, -0.25) is 0 Å². The summed E-state index contributed by atoms with van der Waals surface area (Å²) in [5.74, 6) is 0. The Bertz CT molecular complexity index is 206. The predicted octanol–water partition coefficient (Wildman–Crippen LogP) is -0.234. The zero-order valence-electron chi connectivity index (χ0n) is 6.72. The van der Waals surface area contributed by atoms with Crippen LogP contribution in [0.15, 0.2) is 6.33 Å². The van der Waals surface area contributed by atoms with Crippen LogP contribution in [-0.4, -0.2) is 23.1 Å². The summed E-state index contributed by atoms with van der Waals surface area (Å²) in [6.45, 7) is 4.31. The second-order valence-corrected chi connectivity index (χ2v) is 2.44. The quantitative estimate of drug-likeness (QED) is 0.525. The molecule has 4 nitrogen and oxygen atoms in total. The standard InChI is InChI=1S/C7H14N4/c1-6-7(11-5-10-6)4-9-3-2-8/h5,9H,2-4,8H2,1H3,(H,10,11). The molecule has 0 unspecified atom stereocenters. The predicted molar refractivity (Wildman–Crippen MR) is 44.1 cm³/mol. The molecule has 0 aliphatic carbocycles. The van der Waals surface area contributed by atoms with Crippen LogP contribution in [0.3, 0.4) is 0 Å². The molecule has 62 valence electrons. The lowest BCUT2D eigenvalue weighted by atomic mass is 10.3. The Morgan fingerprint density at radius 3 is 3.09 bits per heavy atom. The van der Waals surface area contributed by atoms with Crippen LogP contribution in [0.25, 0.3) is 0 Å². The summed E-state index contributed by atoms with van der Waals surface area (Å²) in [5, 5.41) is 3.17. The molecule has 0 bridgehead atoms. The van der Waals surface area contributed by atoms with E-state index in [4.69, 9.17) is 5.73 Å². The number of rotatable bonds is 4. The Labute approximate surface area is 66.2 Å². The number of nitrogens with one attached hydrogen (secondary N) is 2. The lowest BCUT2D eigenvalue weighted by molar-refractivity contribution is 0.682. The van der Waals surface area contributed by atoms with Crippen molar-refractivity contribution in [2.75, 3.05) is 13.1 Å². The molecular weight excluding hydrogens is 140 g/mol. The Morgan fingerprint density at radius 2 is 2.55 bits per heavy atom. The van der Waals surface area contributed by atoms with Gasteiger partial charge in [-0.05, 0) is 6.92 Å². The molecule has 0 aromatic carbocycles. The molecule has 1 aromatic rings. The van der Waals surface area contributed by atoms with Crippen LogP contribution in [-0.2, 0) is 6.54 Å². The van der Waals surface area contributed by atoms with Gasteiger partial charge in [0.25, 0.3) is 0 Å². The third-order valence-electron chi connectivity index (χ3n) is 1.55. The van der Waals surface area contributed by atoms with Crippen molar-refractivity contribution in [1.82, 2.24) is 15.3 Å². The average Bonchev–Trinajstić information content (AvgIpc) is 2.37. The van der Waals surface area contributed by atoms with E-state index in [-0.39, 0.29) is 0 Å². The first-order chi connectivity index (χ1) is 5.34. The molecular formula is C7H14N4. The third kappa shape index (κ3) is 2.32. The number of nitrogens with two attached hydrogens (primary N) is 1. The van der Waals surface area contributed by atoms with Gasteiger partial charge in [-0.25, -0.2) is 4.98 Å². The molecule has 0 saturated carbocycles. The normalized spacial score (nSPS) is 10.4. The molecule has 0 fully saturated rings. The smallest absolute Gasteiger partial charge is 0.0925 e. The maximum absolute atomic E-state index is 5.32. The molecule has 4 heteroatoms. The first kappa shape index (κ1) is 8.23. The van der Waals surface area contributed by atoms with Crippen LogP contribution in [0.1, 0.15) is 11.4 Å². The second kappa shape index (κ2) is 4.10. The number of aryl methyl sites for hydroxylation is 1. The van der Waals surface area contributed by atoms with Crippen LogP contribution in [0.5, 0.6) is 0 Å². The summed E-state index contributed by atoms with van der Waals surface area (Å²) in [5.41, 5.74) is 7.50. The van der Waals surface area contributed by atoms with Gasteiger partial charge in [0, 0.05) is 25.3 Å². The monoisotopic (exact) mass is 154 g/mol. The maximum atomic E-state index is 5.32. The largest absolute Gasteiger partial charge is 0.348 e. The summed E-state index contributed by atoms with van der Waals surface area (Å²) >= 11 is 0. The SMILES string of the molecule is Cc1[nH]cnc1CNCCN. The topological polar surface area (TPSA) is 66.7 Å². The summed E-state index contributed by atoms with van der Waals surface area (Å²) in [6.07, 6.45) is 1.70. The van der Waals surface area contributed by atoms with Gasteiger partial charge >= 0.3 is 0 Å². The van der Waals surface area contributed by atoms with E-state index in [0.29, 0.717) is 6.54 Å². The molecule has 0 atom stereocenters. The van der Waals surface area contributed by atoms with E-state index >= 15 is 0 Å². The van der Waals surface area contributed by atoms with E-state index in [1.165, 1.54) is 0 Å². The van der Waals surface area contributed by atoms with Crippen LogP contribution in [0, 0.1) is 6.92 Å². The Kier molecular flexibility index (Phi) is 3.07. The van der Waals surface area contributed by atoms with Crippen LogP contribution < -0.4 is 11.1 Å². The molecule has 1 rings (SSSR count). The van der Waals surface area contributed by atoms with Crippen molar-refractivity contribution < 1.29 is 0 Å². The van der Waals surface area contributed by atoms with E-state index in [0.717, 1.165) is 24.5 Å². The molecule has 0 amide bonds. The number of nitrogens with zero attached hydrogens (tertiary/aromatic N) is 1. The van der Waals surface area contributed by atoms with Gasteiger partial charge in [0.1, 0.15) is 0 Å². The van der Waals surface area contributed by atoms with Crippen molar-refractivity contribution >= 4 is 0 Å². The highest BCUT2D eigenvalue weighted by molar-refractivity contribution is 5.07. The highest BCUT2D eigenvalue weighted by atomic mass is 14.9. The van der Waals surface area contributed by atoms with Gasteiger partial charge < -0.3 is 16.0 Å². The summed E-state index contributed by atoms with van der Waals surface area (Å²) in [4.78, 5) is 7.14. The fraction of sp³-hybridized carbons (Fsp3) is 0.571. The van der Waals surface area contributed by atoms with Gasteiger partial charge in [-0.2, -0.15) is 0 Å². The second-order valence-electron chi connectivity index (χ2n) is 2.44. The molecule has 11 heavy (non-hydrogen) atoms. The lowest BCUT2D eigenvalue weighted by Crippen LogP contribution is -2.22. The number of hydrogen-bond acceptors (Lipinski definition) is 3. The van der Waals surface area contributed by atoms with Crippen LogP contribution in [0.4, 0.5) is 0 Å². The first-order valence-electron chi connectivity index (χ1n) is 3.74. The van der Waals surface area contributed by atoms with Crippen LogP contribution >= 0.6 is 0 Å².